The van der Waals surface area contributed by atoms with Crippen molar-refractivity contribution < 1.29 is 4.74 Å². The van der Waals surface area contributed by atoms with E-state index in [0.29, 0.717) is 0 Å². The van der Waals surface area contributed by atoms with Gasteiger partial charge in [0.05, 0.1) is 5.75 Å². The molecule has 0 heterocycles. The predicted molar refractivity (Wildman–Crippen MR) is 61.6 cm³/mol. The molecular formula is C10H19NOS. The Kier molecular flexibility index (Phi) is 5.88. The van der Waals surface area contributed by atoms with Crippen molar-refractivity contribution in [2.24, 2.45) is 0 Å². The van der Waals surface area contributed by atoms with Gasteiger partial charge >= 0.3 is 0 Å². The zero-order chi connectivity index (χ0) is 10.3. The van der Waals surface area contributed by atoms with Gasteiger partial charge < -0.3 is 5.21 Å². The molecule has 0 aliphatic carbocycles. The minimum absolute atomic E-state index is 0.304. The molecule has 3 heteroatoms. The second-order valence-electron chi connectivity index (χ2n) is 3.79. The van der Waals surface area contributed by atoms with Crippen molar-refractivity contribution in [2.75, 3.05) is 11.5 Å². The Morgan fingerprint density at radius 3 is 2.38 bits per heavy atom. The Morgan fingerprint density at radius 1 is 1.31 bits per heavy atom. The number of hydrogen-bond acceptors (Lipinski definition) is 2. The van der Waals surface area contributed by atoms with Crippen molar-refractivity contribution in [3.63, 3.8) is 0 Å². The highest BCUT2D eigenvalue weighted by atomic mass is 32.2. The molecule has 0 bridgehead atoms. The zero-order valence-electron chi connectivity index (χ0n) is 8.91. The SMILES string of the molecule is C/C=C/CSC/C=[N+](\[O-])C(C)(C)C. The maximum absolute atomic E-state index is 11.3. The summed E-state index contributed by atoms with van der Waals surface area (Å²) in [6.45, 7) is 7.73. The first-order valence-electron chi connectivity index (χ1n) is 4.47. The topological polar surface area (TPSA) is 26.1 Å². The Morgan fingerprint density at radius 2 is 1.92 bits per heavy atom. The van der Waals surface area contributed by atoms with E-state index in [1.807, 2.05) is 33.8 Å². The third-order valence-electron chi connectivity index (χ3n) is 1.47. The molecule has 0 saturated heterocycles. The van der Waals surface area contributed by atoms with Gasteiger partial charge in [-0.25, -0.2) is 4.74 Å². The van der Waals surface area contributed by atoms with Gasteiger partial charge in [0.1, 0.15) is 0 Å². The monoisotopic (exact) mass is 201 g/mol. The van der Waals surface area contributed by atoms with Crippen LogP contribution in [0.1, 0.15) is 27.7 Å². The van der Waals surface area contributed by atoms with E-state index in [9.17, 15) is 5.21 Å². The number of nitrogens with zero attached hydrogens (tertiary/aromatic N) is 1. The van der Waals surface area contributed by atoms with Gasteiger partial charge in [0.25, 0.3) is 0 Å². The number of hydroxylamine groups is 1. The molecule has 0 aromatic carbocycles. The summed E-state index contributed by atoms with van der Waals surface area (Å²) in [5.41, 5.74) is -0.304. The summed E-state index contributed by atoms with van der Waals surface area (Å²) in [4.78, 5) is 0. The van der Waals surface area contributed by atoms with Crippen molar-refractivity contribution in [3.8, 4) is 0 Å². The largest absolute Gasteiger partial charge is 0.624 e. The Balaban J connectivity index is 3.72. The van der Waals surface area contributed by atoms with Crippen LogP contribution in [-0.4, -0.2) is 28.0 Å². The normalized spacial score (nSPS) is 14.0. The van der Waals surface area contributed by atoms with E-state index in [4.69, 9.17) is 0 Å². The smallest absolute Gasteiger partial charge is 0.164 e. The molecule has 13 heavy (non-hydrogen) atoms. The van der Waals surface area contributed by atoms with Gasteiger partial charge in [-0.05, 0) is 6.92 Å². The number of thioether (sulfide) groups is 1. The van der Waals surface area contributed by atoms with Crippen LogP contribution in [0.4, 0.5) is 0 Å². The summed E-state index contributed by atoms with van der Waals surface area (Å²) in [7, 11) is 0. The summed E-state index contributed by atoms with van der Waals surface area (Å²) >= 11 is 1.74. The van der Waals surface area contributed by atoms with Gasteiger partial charge in [0.2, 0.25) is 0 Å². The highest BCUT2D eigenvalue weighted by Crippen LogP contribution is 2.05. The summed E-state index contributed by atoms with van der Waals surface area (Å²) < 4.78 is 1.02. The standard InChI is InChI=1S/C10H19NOS/c1-5-6-8-13-9-7-11(12)10(2,3)4/h5-7H,8-9H2,1-4H3/b6-5+,11-7-. The van der Waals surface area contributed by atoms with Crippen molar-refractivity contribution in [1.82, 2.24) is 0 Å². The van der Waals surface area contributed by atoms with Crippen LogP contribution in [0.5, 0.6) is 0 Å². The van der Waals surface area contributed by atoms with E-state index in [1.165, 1.54) is 0 Å². The minimum atomic E-state index is -0.304. The molecule has 0 saturated carbocycles. The average Bonchev–Trinajstić information content (AvgIpc) is 2.02. The summed E-state index contributed by atoms with van der Waals surface area (Å²) in [5.74, 6) is 1.76. The van der Waals surface area contributed by atoms with Crippen molar-refractivity contribution in [2.45, 2.75) is 33.2 Å². The quantitative estimate of drug-likeness (QED) is 0.174. The van der Waals surface area contributed by atoms with Crippen LogP contribution in [0.15, 0.2) is 12.2 Å². The first kappa shape index (κ1) is 12.6. The lowest BCUT2D eigenvalue weighted by Crippen LogP contribution is -2.29. The molecular weight excluding hydrogens is 182 g/mol. The van der Waals surface area contributed by atoms with Gasteiger partial charge in [0, 0.05) is 26.5 Å². The molecule has 0 aliphatic heterocycles. The lowest BCUT2D eigenvalue weighted by Gasteiger charge is -2.18. The average molecular weight is 201 g/mol. The lowest BCUT2D eigenvalue weighted by molar-refractivity contribution is -0.531. The second-order valence-corrected chi connectivity index (χ2v) is 4.86. The van der Waals surface area contributed by atoms with Crippen LogP contribution in [0.3, 0.4) is 0 Å². The molecule has 0 fully saturated rings. The van der Waals surface area contributed by atoms with Crippen LogP contribution in [0.2, 0.25) is 0 Å². The molecule has 0 aromatic heterocycles. The summed E-state index contributed by atoms with van der Waals surface area (Å²) in [6, 6.07) is 0. The fourth-order valence-corrected chi connectivity index (χ4v) is 1.33. The highest BCUT2D eigenvalue weighted by Gasteiger charge is 2.17. The van der Waals surface area contributed by atoms with E-state index in [2.05, 4.69) is 6.08 Å². The third-order valence-corrected chi connectivity index (χ3v) is 2.28. The molecule has 0 rings (SSSR count). The summed E-state index contributed by atoms with van der Waals surface area (Å²) in [6.07, 6.45) is 5.81. The van der Waals surface area contributed by atoms with Crippen LogP contribution in [0.25, 0.3) is 0 Å². The number of rotatable bonds is 4. The minimum Gasteiger partial charge on any atom is -0.624 e. The van der Waals surface area contributed by atoms with Crippen molar-refractivity contribution in [3.05, 3.63) is 17.4 Å². The van der Waals surface area contributed by atoms with E-state index in [0.717, 1.165) is 16.2 Å². The predicted octanol–water partition coefficient (Wildman–Crippen LogP) is 2.68. The van der Waals surface area contributed by atoms with Crippen molar-refractivity contribution in [1.29, 1.82) is 0 Å². The Hall–Kier alpha value is -0.440. The van der Waals surface area contributed by atoms with Gasteiger partial charge in [-0.3, -0.25) is 0 Å². The van der Waals surface area contributed by atoms with Gasteiger partial charge in [-0.15, -0.1) is 11.8 Å². The third kappa shape index (κ3) is 6.70. The first-order chi connectivity index (χ1) is 5.98. The molecule has 0 spiro atoms. The molecule has 76 valence electrons. The second kappa shape index (κ2) is 6.08. The first-order valence-corrected chi connectivity index (χ1v) is 5.62. The molecule has 0 radical (unpaired) electrons. The number of hydrogen-bond donors (Lipinski definition) is 0. The van der Waals surface area contributed by atoms with E-state index in [1.54, 1.807) is 18.0 Å². The van der Waals surface area contributed by atoms with E-state index < -0.39 is 0 Å². The van der Waals surface area contributed by atoms with Crippen LogP contribution in [0, 0.1) is 5.21 Å². The van der Waals surface area contributed by atoms with E-state index >= 15 is 0 Å². The number of allylic oxidation sites excluding steroid dienone is 1. The molecule has 0 N–H and O–H groups in total. The maximum Gasteiger partial charge on any atom is 0.164 e. The zero-order valence-corrected chi connectivity index (χ0v) is 9.73. The molecule has 0 aliphatic rings. The van der Waals surface area contributed by atoms with Gasteiger partial charge in [0.15, 0.2) is 11.8 Å². The highest BCUT2D eigenvalue weighted by molar-refractivity contribution is 8.00. The van der Waals surface area contributed by atoms with Crippen LogP contribution >= 0.6 is 11.8 Å². The Bertz CT molecular complexity index is 192. The molecule has 0 amide bonds. The fourth-order valence-electron chi connectivity index (χ4n) is 0.627. The van der Waals surface area contributed by atoms with E-state index in [-0.39, 0.29) is 5.54 Å². The maximum atomic E-state index is 11.3. The van der Waals surface area contributed by atoms with Crippen LogP contribution in [-0.2, 0) is 0 Å². The van der Waals surface area contributed by atoms with Crippen LogP contribution < -0.4 is 0 Å². The fraction of sp³-hybridized carbons (Fsp3) is 0.700. The van der Waals surface area contributed by atoms with Gasteiger partial charge in [-0.1, -0.05) is 12.2 Å². The Labute approximate surface area is 85.3 Å². The lowest BCUT2D eigenvalue weighted by atomic mass is 10.1. The van der Waals surface area contributed by atoms with Gasteiger partial charge in [-0.2, -0.15) is 0 Å². The summed E-state index contributed by atoms with van der Waals surface area (Å²) in [5, 5.41) is 11.3. The van der Waals surface area contributed by atoms with Crippen molar-refractivity contribution >= 4 is 18.0 Å². The molecule has 2 nitrogen and oxygen atoms in total. The molecule has 0 unspecified atom stereocenters. The molecule has 0 aromatic rings. The molecule has 0 atom stereocenters.